The van der Waals surface area contributed by atoms with Crippen molar-refractivity contribution in [1.82, 2.24) is 5.32 Å². The molecule has 0 aliphatic heterocycles. The number of nitrogens with one attached hydrogen (secondary N) is 1. The van der Waals surface area contributed by atoms with Crippen LogP contribution in [-0.2, 0) is 0 Å². The van der Waals surface area contributed by atoms with Gasteiger partial charge in [-0.2, -0.15) is 0 Å². The molecule has 1 unspecified atom stereocenters. The van der Waals surface area contributed by atoms with Crippen LogP contribution in [0, 0.1) is 6.92 Å². The van der Waals surface area contributed by atoms with Crippen LogP contribution in [0.15, 0.2) is 48.5 Å². The fraction of sp³-hybridized carbons (Fsp3) is 0.294. The number of aliphatic hydroxyl groups excluding tert-OH is 1. The van der Waals surface area contributed by atoms with E-state index >= 15 is 0 Å². The summed E-state index contributed by atoms with van der Waals surface area (Å²) in [5.41, 5.74) is 3.58. The van der Waals surface area contributed by atoms with E-state index in [-0.39, 0.29) is 12.6 Å². The molecule has 0 aliphatic carbocycles. The largest absolute Gasteiger partial charge is 0.497 e. The highest BCUT2D eigenvalue weighted by Crippen LogP contribution is 2.24. The van der Waals surface area contributed by atoms with E-state index in [9.17, 15) is 0 Å². The summed E-state index contributed by atoms with van der Waals surface area (Å²) in [6.45, 7) is 2.76. The zero-order valence-corrected chi connectivity index (χ0v) is 12.0. The van der Waals surface area contributed by atoms with E-state index < -0.39 is 0 Å². The molecule has 2 rings (SSSR count). The monoisotopic (exact) mass is 271 g/mol. The van der Waals surface area contributed by atoms with E-state index in [1.165, 1.54) is 11.1 Å². The summed E-state index contributed by atoms with van der Waals surface area (Å²) in [7, 11) is 1.66. The molecule has 0 fully saturated rings. The number of aryl methyl sites for hydroxylation is 1. The zero-order valence-electron chi connectivity index (χ0n) is 12.0. The molecular weight excluding hydrogens is 250 g/mol. The lowest BCUT2D eigenvalue weighted by Crippen LogP contribution is -2.25. The summed E-state index contributed by atoms with van der Waals surface area (Å²) >= 11 is 0. The number of aliphatic hydroxyl groups is 1. The summed E-state index contributed by atoms with van der Waals surface area (Å²) in [4.78, 5) is 0. The fourth-order valence-corrected chi connectivity index (χ4v) is 2.19. The van der Waals surface area contributed by atoms with Crippen molar-refractivity contribution in [3.63, 3.8) is 0 Å². The van der Waals surface area contributed by atoms with Crippen LogP contribution in [0.2, 0.25) is 0 Å². The average Bonchev–Trinajstić information content (AvgIpc) is 2.50. The van der Waals surface area contributed by atoms with Crippen LogP contribution in [0.3, 0.4) is 0 Å². The second-order valence-corrected chi connectivity index (χ2v) is 4.79. The molecule has 106 valence electrons. The molecule has 0 aromatic heterocycles. The van der Waals surface area contributed by atoms with Crippen LogP contribution in [0.25, 0.3) is 0 Å². The Morgan fingerprint density at radius 3 is 2.05 bits per heavy atom. The van der Waals surface area contributed by atoms with E-state index in [4.69, 9.17) is 9.84 Å². The molecule has 0 bridgehead atoms. The standard InChI is InChI=1S/C17H21NO2/c1-13-3-5-14(6-4-13)17(18-11-12-19)15-7-9-16(20-2)10-8-15/h3-10,17-19H,11-12H2,1-2H3. The molecule has 3 heteroatoms. The Labute approximate surface area is 120 Å². The van der Waals surface area contributed by atoms with Gasteiger partial charge in [-0.25, -0.2) is 0 Å². The van der Waals surface area contributed by atoms with Crippen LogP contribution in [-0.4, -0.2) is 25.4 Å². The lowest BCUT2D eigenvalue weighted by Gasteiger charge is -2.20. The first kappa shape index (κ1) is 14.6. The smallest absolute Gasteiger partial charge is 0.118 e. The fourth-order valence-electron chi connectivity index (χ4n) is 2.19. The van der Waals surface area contributed by atoms with Gasteiger partial charge in [-0.15, -0.1) is 0 Å². The van der Waals surface area contributed by atoms with E-state index in [2.05, 4.69) is 36.5 Å². The molecule has 2 aromatic carbocycles. The van der Waals surface area contributed by atoms with Crippen LogP contribution in [0.5, 0.6) is 5.75 Å². The second kappa shape index (κ2) is 7.08. The summed E-state index contributed by atoms with van der Waals surface area (Å²) < 4.78 is 5.19. The Kier molecular flexibility index (Phi) is 5.16. The molecule has 0 saturated heterocycles. The number of methoxy groups -OCH3 is 1. The van der Waals surface area contributed by atoms with Gasteiger partial charge in [0, 0.05) is 6.54 Å². The lowest BCUT2D eigenvalue weighted by molar-refractivity contribution is 0.288. The highest BCUT2D eigenvalue weighted by atomic mass is 16.5. The first-order valence-electron chi connectivity index (χ1n) is 6.79. The predicted molar refractivity (Wildman–Crippen MR) is 81.1 cm³/mol. The molecule has 0 spiro atoms. The maximum Gasteiger partial charge on any atom is 0.118 e. The Hall–Kier alpha value is -1.84. The number of hydrogen-bond acceptors (Lipinski definition) is 3. The molecule has 0 heterocycles. The first-order valence-corrected chi connectivity index (χ1v) is 6.79. The average molecular weight is 271 g/mol. The molecule has 20 heavy (non-hydrogen) atoms. The number of rotatable bonds is 6. The lowest BCUT2D eigenvalue weighted by atomic mass is 9.97. The van der Waals surface area contributed by atoms with E-state index in [0.717, 1.165) is 11.3 Å². The zero-order chi connectivity index (χ0) is 14.4. The normalized spacial score (nSPS) is 12.2. The molecule has 2 aromatic rings. The van der Waals surface area contributed by atoms with E-state index in [1.54, 1.807) is 7.11 Å². The van der Waals surface area contributed by atoms with Gasteiger partial charge in [-0.05, 0) is 30.2 Å². The molecule has 3 nitrogen and oxygen atoms in total. The van der Waals surface area contributed by atoms with E-state index in [0.29, 0.717) is 6.54 Å². The second-order valence-electron chi connectivity index (χ2n) is 4.79. The topological polar surface area (TPSA) is 41.5 Å². The van der Waals surface area contributed by atoms with Crippen molar-refractivity contribution >= 4 is 0 Å². The van der Waals surface area contributed by atoms with Crippen LogP contribution >= 0.6 is 0 Å². The summed E-state index contributed by atoms with van der Waals surface area (Å²) in [6.07, 6.45) is 0. The third-order valence-corrected chi connectivity index (χ3v) is 3.32. The summed E-state index contributed by atoms with van der Waals surface area (Å²) in [5.74, 6) is 0.846. The maximum atomic E-state index is 9.05. The first-order chi connectivity index (χ1) is 9.74. The SMILES string of the molecule is COc1ccc(C(NCCO)c2ccc(C)cc2)cc1. The molecule has 0 saturated carbocycles. The molecular formula is C17H21NO2. The minimum atomic E-state index is 0.0775. The van der Waals surface area contributed by atoms with Gasteiger partial charge in [0.25, 0.3) is 0 Å². The summed E-state index contributed by atoms with van der Waals surface area (Å²) in [6, 6.07) is 16.5. The Morgan fingerprint density at radius 1 is 1.00 bits per heavy atom. The Bertz CT molecular complexity index is 520. The third-order valence-electron chi connectivity index (χ3n) is 3.32. The van der Waals surface area contributed by atoms with Crippen molar-refractivity contribution in [1.29, 1.82) is 0 Å². The van der Waals surface area contributed by atoms with Crippen LogP contribution in [0.1, 0.15) is 22.7 Å². The van der Waals surface area contributed by atoms with Gasteiger partial charge in [0.15, 0.2) is 0 Å². The quantitative estimate of drug-likeness (QED) is 0.848. The van der Waals surface area contributed by atoms with Gasteiger partial charge in [-0.1, -0.05) is 42.0 Å². The van der Waals surface area contributed by atoms with Crippen molar-refractivity contribution in [3.05, 3.63) is 65.2 Å². The summed E-state index contributed by atoms with van der Waals surface area (Å²) in [5, 5.41) is 12.4. The van der Waals surface area contributed by atoms with Crippen molar-refractivity contribution < 1.29 is 9.84 Å². The molecule has 0 amide bonds. The third kappa shape index (κ3) is 3.59. The van der Waals surface area contributed by atoms with Gasteiger partial charge in [0.1, 0.15) is 5.75 Å². The highest BCUT2D eigenvalue weighted by Gasteiger charge is 2.13. The van der Waals surface area contributed by atoms with Crippen LogP contribution < -0.4 is 10.1 Å². The molecule has 0 aliphatic rings. The predicted octanol–water partition coefficient (Wildman–Crippen LogP) is 2.67. The van der Waals surface area contributed by atoms with Gasteiger partial charge in [0.05, 0.1) is 19.8 Å². The van der Waals surface area contributed by atoms with E-state index in [1.807, 2.05) is 24.3 Å². The molecule has 1 atom stereocenters. The van der Waals surface area contributed by atoms with Gasteiger partial charge < -0.3 is 15.2 Å². The van der Waals surface area contributed by atoms with Crippen molar-refractivity contribution in [3.8, 4) is 5.75 Å². The van der Waals surface area contributed by atoms with Crippen molar-refractivity contribution in [2.24, 2.45) is 0 Å². The Balaban J connectivity index is 2.27. The minimum Gasteiger partial charge on any atom is -0.497 e. The number of benzene rings is 2. The van der Waals surface area contributed by atoms with Gasteiger partial charge in [0.2, 0.25) is 0 Å². The minimum absolute atomic E-state index is 0.0775. The number of ether oxygens (including phenoxy) is 1. The highest BCUT2D eigenvalue weighted by molar-refractivity contribution is 5.36. The molecule has 2 N–H and O–H groups in total. The molecule has 0 radical (unpaired) electrons. The number of hydrogen-bond donors (Lipinski definition) is 2. The van der Waals surface area contributed by atoms with Gasteiger partial charge >= 0.3 is 0 Å². The Morgan fingerprint density at radius 2 is 1.55 bits per heavy atom. The van der Waals surface area contributed by atoms with Crippen LogP contribution in [0.4, 0.5) is 0 Å². The maximum absolute atomic E-state index is 9.05. The van der Waals surface area contributed by atoms with Crippen molar-refractivity contribution in [2.75, 3.05) is 20.3 Å². The van der Waals surface area contributed by atoms with Crippen molar-refractivity contribution in [2.45, 2.75) is 13.0 Å². The van der Waals surface area contributed by atoms with Gasteiger partial charge in [-0.3, -0.25) is 0 Å².